The van der Waals surface area contributed by atoms with Crippen LogP contribution in [0.1, 0.15) is 49.8 Å². The Bertz CT molecular complexity index is 328. The second kappa shape index (κ2) is 3.93. The molecule has 2 saturated carbocycles. The lowest BCUT2D eigenvalue weighted by Gasteiger charge is -2.20. The highest BCUT2D eigenvalue weighted by Crippen LogP contribution is 2.35. The lowest BCUT2D eigenvalue weighted by molar-refractivity contribution is 0.324. The summed E-state index contributed by atoms with van der Waals surface area (Å²) in [7, 11) is 0. The van der Waals surface area contributed by atoms with E-state index in [1.165, 1.54) is 32.1 Å². The molecule has 0 radical (unpaired) electrons. The molecular weight excluding hydrogens is 190 g/mol. The van der Waals surface area contributed by atoms with Gasteiger partial charge in [-0.1, -0.05) is 6.42 Å². The molecule has 1 heterocycles. The lowest BCUT2D eigenvalue weighted by Crippen LogP contribution is -2.19. The van der Waals surface area contributed by atoms with Crippen molar-refractivity contribution in [3.05, 3.63) is 11.8 Å². The average Bonchev–Trinajstić information content (AvgIpc) is 2.85. The van der Waals surface area contributed by atoms with E-state index in [9.17, 15) is 0 Å². The molecule has 2 aliphatic carbocycles. The fourth-order valence-electron chi connectivity index (χ4n) is 1.86. The predicted octanol–water partition coefficient (Wildman–Crippen LogP) is 1.63. The number of nitrogens with one attached hydrogen (secondary N) is 1. The smallest absolute Gasteiger partial charge is 0.219 e. The van der Waals surface area contributed by atoms with Crippen molar-refractivity contribution in [3.8, 4) is 0 Å². The van der Waals surface area contributed by atoms with Crippen molar-refractivity contribution >= 4 is 0 Å². The van der Waals surface area contributed by atoms with Crippen molar-refractivity contribution < 1.29 is 4.42 Å². The van der Waals surface area contributed by atoms with Crippen LogP contribution in [0.15, 0.2) is 4.42 Å². The van der Waals surface area contributed by atoms with Gasteiger partial charge in [-0.3, -0.25) is 0 Å². The molecule has 0 bridgehead atoms. The summed E-state index contributed by atoms with van der Waals surface area (Å²) in [5, 5.41) is 11.6. The first kappa shape index (κ1) is 9.33. The molecule has 4 heteroatoms. The third kappa shape index (κ3) is 2.20. The van der Waals surface area contributed by atoms with E-state index in [1.54, 1.807) is 0 Å². The maximum Gasteiger partial charge on any atom is 0.219 e. The quantitative estimate of drug-likeness (QED) is 0.797. The summed E-state index contributed by atoms with van der Waals surface area (Å²) >= 11 is 0. The maximum absolute atomic E-state index is 5.63. The van der Waals surface area contributed by atoms with Crippen LogP contribution in [0.2, 0.25) is 0 Å². The van der Waals surface area contributed by atoms with Crippen molar-refractivity contribution in [1.29, 1.82) is 0 Å². The third-order valence-electron chi connectivity index (χ3n) is 3.29. The largest absolute Gasteiger partial charge is 0.425 e. The molecule has 2 aliphatic rings. The monoisotopic (exact) mass is 207 g/mol. The van der Waals surface area contributed by atoms with Gasteiger partial charge >= 0.3 is 0 Å². The van der Waals surface area contributed by atoms with Gasteiger partial charge in [0.25, 0.3) is 0 Å². The van der Waals surface area contributed by atoms with Gasteiger partial charge < -0.3 is 9.73 Å². The van der Waals surface area contributed by atoms with Gasteiger partial charge in [-0.05, 0) is 25.7 Å². The number of aromatic nitrogens is 2. The van der Waals surface area contributed by atoms with E-state index in [2.05, 4.69) is 15.5 Å². The zero-order valence-electron chi connectivity index (χ0n) is 8.91. The van der Waals surface area contributed by atoms with Crippen LogP contribution in [-0.4, -0.2) is 22.8 Å². The lowest BCUT2D eigenvalue weighted by atomic mass is 9.85. The van der Waals surface area contributed by atoms with Gasteiger partial charge in [-0.25, -0.2) is 0 Å². The summed E-state index contributed by atoms with van der Waals surface area (Å²) in [6.07, 6.45) is 7.29. The van der Waals surface area contributed by atoms with E-state index in [-0.39, 0.29) is 0 Å². The number of hydrogen-bond acceptors (Lipinski definition) is 4. The van der Waals surface area contributed by atoms with Gasteiger partial charge in [-0.2, -0.15) is 0 Å². The zero-order valence-corrected chi connectivity index (χ0v) is 8.91. The Morgan fingerprint density at radius 2 is 2.07 bits per heavy atom. The van der Waals surface area contributed by atoms with Gasteiger partial charge in [0.15, 0.2) is 0 Å². The molecule has 0 aliphatic heterocycles. The van der Waals surface area contributed by atoms with Gasteiger partial charge in [0.2, 0.25) is 11.8 Å². The van der Waals surface area contributed by atoms with Crippen LogP contribution in [0.5, 0.6) is 0 Å². The molecule has 0 saturated heterocycles. The van der Waals surface area contributed by atoms with Gasteiger partial charge in [0.05, 0.1) is 0 Å². The Hall–Kier alpha value is -0.900. The predicted molar refractivity (Wildman–Crippen MR) is 55.6 cm³/mol. The van der Waals surface area contributed by atoms with E-state index < -0.39 is 0 Å². The third-order valence-corrected chi connectivity index (χ3v) is 3.29. The molecule has 1 N–H and O–H groups in total. The second-order valence-corrected chi connectivity index (χ2v) is 4.64. The van der Waals surface area contributed by atoms with Gasteiger partial charge in [0.1, 0.15) is 0 Å². The standard InChI is InChI=1S/C11H17N3O/c1-2-8(3-1)11-14-13-10(15-11)6-7-12-9-4-5-9/h8-9,12H,1-7H2. The fourth-order valence-corrected chi connectivity index (χ4v) is 1.86. The normalized spacial score (nSPS) is 21.6. The Labute approximate surface area is 89.5 Å². The van der Waals surface area contributed by atoms with Crippen LogP contribution in [-0.2, 0) is 6.42 Å². The summed E-state index contributed by atoms with van der Waals surface area (Å²) in [4.78, 5) is 0. The minimum atomic E-state index is 0.558. The first-order valence-electron chi connectivity index (χ1n) is 5.97. The summed E-state index contributed by atoms with van der Waals surface area (Å²) in [6, 6.07) is 0.763. The Morgan fingerprint density at radius 3 is 2.73 bits per heavy atom. The van der Waals surface area contributed by atoms with E-state index >= 15 is 0 Å². The molecule has 2 fully saturated rings. The molecule has 15 heavy (non-hydrogen) atoms. The van der Waals surface area contributed by atoms with Crippen LogP contribution in [0, 0.1) is 0 Å². The SMILES string of the molecule is C1CC(c2nnc(CCNC3CC3)o2)C1. The number of rotatable bonds is 5. The summed E-state index contributed by atoms with van der Waals surface area (Å²) < 4.78 is 5.63. The summed E-state index contributed by atoms with van der Waals surface area (Å²) in [5.74, 6) is 2.22. The molecular formula is C11H17N3O. The molecule has 0 atom stereocenters. The Kier molecular flexibility index (Phi) is 2.44. The van der Waals surface area contributed by atoms with Crippen molar-refractivity contribution in [2.45, 2.75) is 50.5 Å². The number of hydrogen-bond donors (Lipinski definition) is 1. The Balaban J connectivity index is 1.48. The van der Waals surface area contributed by atoms with E-state index in [0.717, 1.165) is 30.8 Å². The highest BCUT2D eigenvalue weighted by Gasteiger charge is 2.25. The highest BCUT2D eigenvalue weighted by atomic mass is 16.4. The fraction of sp³-hybridized carbons (Fsp3) is 0.818. The van der Waals surface area contributed by atoms with Crippen molar-refractivity contribution in [1.82, 2.24) is 15.5 Å². The minimum absolute atomic E-state index is 0.558. The van der Waals surface area contributed by atoms with Crippen LogP contribution < -0.4 is 5.32 Å². The molecule has 3 rings (SSSR count). The van der Waals surface area contributed by atoms with Crippen LogP contribution >= 0.6 is 0 Å². The molecule has 0 aromatic carbocycles. The van der Waals surface area contributed by atoms with Crippen molar-refractivity contribution in [3.63, 3.8) is 0 Å². The van der Waals surface area contributed by atoms with Crippen molar-refractivity contribution in [2.24, 2.45) is 0 Å². The average molecular weight is 207 g/mol. The minimum Gasteiger partial charge on any atom is -0.425 e. The van der Waals surface area contributed by atoms with Crippen molar-refractivity contribution in [2.75, 3.05) is 6.54 Å². The molecule has 82 valence electrons. The van der Waals surface area contributed by atoms with Crippen LogP contribution in [0.4, 0.5) is 0 Å². The van der Waals surface area contributed by atoms with Gasteiger partial charge in [0, 0.05) is 24.9 Å². The second-order valence-electron chi connectivity index (χ2n) is 4.64. The first-order chi connectivity index (χ1) is 7.42. The van der Waals surface area contributed by atoms with Gasteiger partial charge in [-0.15, -0.1) is 10.2 Å². The molecule has 4 nitrogen and oxygen atoms in total. The van der Waals surface area contributed by atoms with E-state index in [0.29, 0.717) is 5.92 Å². The summed E-state index contributed by atoms with van der Waals surface area (Å²) in [5.41, 5.74) is 0. The van der Waals surface area contributed by atoms with Crippen LogP contribution in [0.25, 0.3) is 0 Å². The number of nitrogens with zero attached hydrogens (tertiary/aromatic N) is 2. The Morgan fingerprint density at radius 1 is 1.20 bits per heavy atom. The molecule has 1 aromatic heterocycles. The van der Waals surface area contributed by atoms with E-state index in [1.807, 2.05) is 0 Å². The maximum atomic E-state index is 5.63. The summed E-state index contributed by atoms with van der Waals surface area (Å²) in [6.45, 7) is 0.969. The first-order valence-corrected chi connectivity index (χ1v) is 5.97. The van der Waals surface area contributed by atoms with Crippen LogP contribution in [0.3, 0.4) is 0 Å². The molecule has 1 aromatic rings. The topological polar surface area (TPSA) is 51.0 Å². The highest BCUT2D eigenvalue weighted by molar-refractivity contribution is 4.96. The van der Waals surface area contributed by atoms with E-state index in [4.69, 9.17) is 4.42 Å². The molecule has 0 spiro atoms. The molecule has 0 amide bonds. The zero-order chi connectivity index (χ0) is 10.1. The molecule has 0 unspecified atom stereocenters.